The minimum Gasteiger partial charge on any atom is -0.382 e. The van der Waals surface area contributed by atoms with E-state index in [1.54, 1.807) is 11.3 Å². The summed E-state index contributed by atoms with van der Waals surface area (Å²) < 4.78 is 0. The Balaban J connectivity index is 1.70. The average molecular weight is 273 g/mol. The smallest absolute Gasteiger partial charge is 0.123 e. The Kier molecular flexibility index (Phi) is 3.80. The standard InChI is InChI=1S/C15H19N3S/c16-12-4-6-13(7-5-12)18-14-3-1-2-11(10-14)15-17-8-9-19-15/h1-3,8-10,12-13,18H,4-7,16H2. The van der Waals surface area contributed by atoms with Crippen molar-refractivity contribution < 1.29 is 0 Å². The van der Waals surface area contributed by atoms with Crippen molar-refractivity contribution in [2.75, 3.05) is 5.32 Å². The monoisotopic (exact) mass is 273 g/mol. The lowest BCUT2D eigenvalue weighted by molar-refractivity contribution is 0.411. The van der Waals surface area contributed by atoms with Gasteiger partial charge in [0, 0.05) is 34.9 Å². The Labute approximate surface area is 117 Å². The minimum absolute atomic E-state index is 0.403. The Bertz CT molecular complexity index is 516. The first-order chi connectivity index (χ1) is 9.31. The highest BCUT2D eigenvalue weighted by atomic mass is 32.1. The molecule has 19 heavy (non-hydrogen) atoms. The van der Waals surface area contributed by atoms with Gasteiger partial charge in [0.2, 0.25) is 0 Å². The first-order valence-electron chi connectivity index (χ1n) is 6.83. The summed E-state index contributed by atoms with van der Waals surface area (Å²) in [7, 11) is 0. The molecule has 3 N–H and O–H groups in total. The highest BCUT2D eigenvalue weighted by Gasteiger charge is 2.18. The Morgan fingerprint density at radius 2 is 2.05 bits per heavy atom. The molecule has 1 aliphatic rings. The van der Waals surface area contributed by atoms with Crippen LogP contribution < -0.4 is 11.1 Å². The van der Waals surface area contributed by atoms with Crippen LogP contribution in [0.3, 0.4) is 0 Å². The van der Waals surface area contributed by atoms with Gasteiger partial charge in [0.25, 0.3) is 0 Å². The van der Waals surface area contributed by atoms with Gasteiger partial charge in [-0.15, -0.1) is 11.3 Å². The molecule has 1 fully saturated rings. The number of hydrogen-bond donors (Lipinski definition) is 2. The molecule has 0 spiro atoms. The average Bonchev–Trinajstić information content (AvgIpc) is 2.96. The zero-order valence-corrected chi connectivity index (χ0v) is 11.7. The van der Waals surface area contributed by atoms with Crippen LogP contribution in [-0.4, -0.2) is 17.1 Å². The van der Waals surface area contributed by atoms with Gasteiger partial charge in [0.1, 0.15) is 5.01 Å². The molecule has 0 saturated heterocycles. The summed E-state index contributed by atoms with van der Waals surface area (Å²) in [5.74, 6) is 0. The normalized spacial score (nSPS) is 23.2. The topological polar surface area (TPSA) is 50.9 Å². The molecule has 3 rings (SSSR count). The van der Waals surface area contributed by atoms with Gasteiger partial charge in [0.15, 0.2) is 0 Å². The summed E-state index contributed by atoms with van der Waals surface area (Å²) in [4.78, 5) is 4.36. The van der Waals surface area contributed by atoms with E-state index in [1.807, 2.05) is 11.6 Å². The SMILES string of the molecule is NC1CCC(Nc2cccc(-c3nccs3)c2)CC1. The summed E-state index contributed by atoms with van der Waals surface area (Å²) in [5.41, 5.74) is 8.32. The van der Waals surface area contributed by atoms with Crippen LogP contribution in [0, 0.1) is 0 Å². The summed E-state index contributed by atoms with van der Waals surface area (Å²) in [6.07, 6.45) is 6.45. The molecule has 1 aromatic carbocycles. The molecule has 0 amide bonds. The van der Waals surface area contributed by atoms with Crippen LogP contribution in [0.25, 0.3) is 10.6 Å². The Morgan fingerprint density at radius 3 is 2.79 bits per heavy atom. The largest absolute Gasteiger partial charge is 0.382 e. The van der Waals surface area contributed by atoms with Crippen molar-refractivity contribution in [3.05, 3.63) is 35.8 Å². The molecule has 1 heterocycles. The van der Waals surface area contributed by atoms with Crippen LogP contribution in [0.1, 0.15) is 25.7 Å². The van der Waals surface area contributed by atoms with Crippen molar-refractivity contribution in [1.82, 2.24) is 4.98 Å². The van der Waals surface area contributed by atoms with Gasteiger partial charge in [-0.3, -0.25) is 0 Å². The predicted octanol–water partition coefficient (Wildman–Crippen LogP) is 3.49. The molecule has 1 saturated carbocycles. The summed E-state index contributed by atoms with van der Waals surface area (Å²) in [5, 5.41) is 6.71. The summed E-state index contributed by atoms with van der Waals surface area (Å²) in [6, 6.07) is 9.49. The molecule has 1 aromatic heterocycles. The van der Waals surface area contributed by atoms with Gasteiger partial charge < -0.3 is 11.1 Å². The first-order valence-corrected chi connectivity index (χ1v) is 7.71. The second kappa shape index (κ2) is 5.72. The number of benzene rings is 1. The van der Waals surface area contributed by atoms with Gasteiger partial charge in [-0.1, -0.05) is 12.1 Å². The van der Waals surface area contributed by atoms with Crippen LogP contribution in [0.4, 0.5) is 5.69 Å². The van der Waals surface area contributed by atoms with Crippen molar-refractivity contribution >= 4 is 17.0 Å². The fourth-order valence-electron chi connectivity index (χ4n) is 2.61. The number of rotatable bonds is 3. The lowest BCUT2D eigenvalue weighted by atomic mass is 9.91. The molecule has 1 aliphatic carbocycles. The number of anilines is 1. The maximum atomic E-state index is 5.94. The van der Waals surface area contributed by atoms with E-state index in [9.17, 15) is 0 Å². The third-order valence-corrected chi connectivity index (χ3v) is 4.51. The van der Waals surface area contributed by atoms with Crippen LogP contribution in [0.15, 0.2) is 35.8 Å². The third kappa shape index (κ3) is 3.14. The molecule has 0 atom stereocenters. The minimum atomic E-state index is 0.403. The number of nitrogens with zero attached hydrogens (tertiary/aromatic N) is 1. The van der Waals surface area contributed by atoms with Crippen molar-refractivity contribution in [2.45, 2.75) is 37.8 Å². The van der Waals surface area contributed by atoms with Gasteiger partial charge in [-0.2, -0.15) is 0 Å². The van der Waals surface area contributed by atoms with Crippen LogP contribution >= 0.6 is 11.3 Å². The number of nitrogens with two attached hydrogens (primary N) is 1. The van der Waals surface area contributed by atoms with Gasteiger partial charge in [-0.25, -0.2) is 4.98 Å². The maximum Gasteiger partial charge on any atom is 0.123 e. The first kappa shape index (κ1) is 12.6. The molecule has 0 radical (unpaired) electrons. The number of thiazole rings is 1. The van der Waals surface area contributed by atoms with E-state index in [-0.39, 0.29) is 0 Å². The molecule has 0 aliphatic heterocycles. The molecule has 0 bridgehead atoms. The predicted molar refractivity (Wildman–Crippen MR) is 81.4 cm³/mol. The highest BCUT2D eigenvalue weighted by molar-refractivity contribution is 7.13. The Hall–Kier alpha value is -1.39. The molecule has 4 heteroatoms. The van der Waals surface area contributed by atoms with E-state index in [4.69, 9.17) is 5.73 Å². The third-order valence-electron chi connectivity index (χ3n) is 3.68. The lowest BCUT2D eigenvalue weighted by Gasteiger charge is -2.27. The van der Waals surface area contributed by atoms with Crippen molar-refractivity contribution in [3.8, 4) is 10.6 Å². The number of nitrogens with one attached hydrogen (secondary N) is 1. The summed E-state index contributed by atoms with van der Waals surface area (Å²) in [6.45, 7) is 0. The zero-order chi connectivity index (χ0) is 13.1. The highest BCUT2D eigenvalue weighted by Crippen LogP contribution is 2.26. The van der Waals surface area contributed by atoms with Crippen LogP contribution in [0.5, 0.6) is 0 Å². The second-order valence-electron chi connectivity index (χ2n) is 5.17. The number of hydrogen-bond acceptors (Lipinski definition) is 4. The van der Waals surface area contributed by atoms with E-state index >= 15 is 0 Å². The van der Waals surface area contributed by atoms with Crippen molar-refractivity contribution in [2.24, 2.45) is 5.73 Å². The lowest BCUT2D eigenvalue weighted by Crippen LogP contribution is -2.32. The van der Waals surface area contributed by atoms with Crippen LogP contribution in [0.2, 0.25) is 0 Å². The summed E-state index contributed by atoms with van der Waals surface area (Å²) >= 11 is 1.68. The fourth-order valence-corrected chi connectivity index (χ4v) is 3.24. The molecule has 100 valence electrons. The van der Waals surface area contributed by atoms with E-state index in [2.05, 4.69) is 34.6 Å². The quantitative estimate of drug-likeness (QED) is 0.900. The maximum absolute atomic E-state index is 5.94. The van der Waals surface area contributed by atoms with E-state index in [1.165, 1.54) is 24.1 Å². The van der Waals surface area contributed by atoms with Crippen LogP contribution in [-0.2, 0) is 0 Å². The van der Waals surface area contributed by atoms with Crippen molar-refractivity contribution in [1.29, 1.82) is 0 Å². The zero-order valence-electron chi connectivity index (χ0n) is 10.9. The van der Waals surface area contributed by atoms with E-state index in [0.29, 0.717) is 12.1 Å². The van der Waals surface area contributed by atoms with E-state index in [0.717, 1.165) is 17.8 Å². The fraction of sp³-hybridized carbons (Fsp3) is 0.400. The van der Waals surface area contributed by atoms with Gasteiger partial charge in [-0.05, 0) is 37.8 Å². The second-order valence-corrected chi connectivity index (χ2v) is 6.07. The molecular weight excluding hydrogens is 254 g/mol. The molecule has 3 nitrogen and oxygen atoms in total. The van der Waals surface area contributed by atoms with Gasteiger partial charge >= 0.3 is 0 Å². The van der Waals surface area contributed by atoms with E-state index < -0.39 is 0 Å². The molecular formula is C15H19N3S. The molecule has 2 aromatic rings. The van der Waals surface area contributed by atoms with Crippen molar-refractivity contribution in [3.63, 3.8) is 0 Å². The number of aromatic nitrogens is 1. The molecule has 0 unspecified atom stereocenters. The van der Waals surface area contributed by atoms with Gasteiger partial charge in [0.05, 0.1) is 0 Å². The Morgan fingerprint density at radius 1 is 1.21 bits per heavy atom.